The van der Waals surface area contributed by atoms with E-state index in [2.05, 4.69) is 45.9 Å². The summed E-state index contributed by atoms with van der Waals surface area (Å²) in [7, 11) is 0. The number of aryl methyl sites for hydroxylation is 1. The summed E-state index contributed by atoms with van der Waals surface area (Å²) in [6.45, 7) is 9.59. The number of hydrogen-bond donors (Lipinski definition) is 1. The Balaban J connectivity index is 2.25. The molecule has 2 nitrogen and oxygen atoms in total. The Morgan fingerprint density at radius 1 is 1.20 bits per heavy atom. The van der Waals surface area contributed by atoms with Crippen LogP contribution in [-0.2, 0) is 5.41 Å². The van der Waals surface area contributed by atoms with Gasteiger partial charge in [0, 0.05) is 5.92 Å². The van der Waals surface area contributed by atoms with Gasteiger partial charge in [-0.3, -0.25) is 0 Å². The Kier molecular flexibility index (Phi) is 4.74. The predicted octanol–water partition coefficient (Wildman–Crippen LogP) is 4.19. The molecule has 1 aliphatic rings. The van der Waals surface area contributed by atoms with Gasteiger partial charge in [0.25, 0.3) is 0 Å². The van der Waals surface area contributed by atoms with Crippen molar-refractivity contribution < 1.29 is 4.74 Å². The number of nitrogens with two attached hydrogens (primary N) is 1. The maximum atomic E-state index is 6.42. The lowest BCUT2D eigenvalue weighted by molar-refractivity contribution is 0.0949. The van der Waals surface area contributed by atoms with Gasteiger partial charge in [0.2, 0.25) is 0 Å². The number of hydrogen-bond acceptors (Lipinski definition) is 2. The Bertz CT molecular complexity index is 447. The molecule has 0 bridgehead atoms. The fourth-order valence-electron chi connectivity index (χ4n) is 3.11. The van der Waals surface area contributed by atoms with Crippen molar-refractivity contribution in [1.82, 2.24) is 0 Å². The normalized spacial score (nSPS) is 23.6. The number of rotatable bonds is 3. The molecule has 1 fully saturated rings. The van der Waals surface area contributed by atoms with Crippen LogP contribution in [0.1, 0.15) is 57.6 Å². The van der Waals surface area contributed by atoms with Gasteiger partial charge in [0.05, 0.1) is 0 Å². The summed E-state index contributed by atoms with van der Waals surface area (Å²) in [5.74, 6) is 1.57. The van der Waals surface area contributed by atoms with Crippen molar-refractivity contribution in [2.75, 3.05) is 6.54 Å². The molecule has 1 aromatic rings. The van der Waals surface area contributed by atoms with E-state index in [9.17, 15) is 0 Å². The quantitative estimate of drug-likeness (QED) is 0.897. The van der Waals surface area contributed by atoms with Crippen molar-refractivity contribution in [2.45, 2.75) is 64.9 Å². The van der Waals surface area contributed by atoms with Crippen LogP contribution in [0, 0.1) is 12.8 Å². The Morgan fingerprint density at radius 2 is 1.90 bits per heavy atom. The van der Waals surface area contributed by atoms with Crippen LogP contribution in [-0.4, -0.2) is 12.6 Å². The Labute approximate surface area is 123 Å². The van der Waals surface area contributed by atoms with Gasteiger partial charge >= 0.3 is 0 Å². The van der Waals surface area contributed by atoms with Crippen molar-refractivity contribution >= 4 is 0 Å². The second-order valence-electron chi connectivity index (χ2n) is 7.19. The topological polar surface area (TPSA) is 35.2 Å². The summed E-state index contributed by atoms with van der Waals surface area (Å²) in [5.41, 5.74) is 8.58. The highest BCUT2D eigenvalue weighted by Gasteiger charge is 2.28. The van der Waals surface area contributed by atoms with E-state index in [1.807, 2.05) is 0 Å². The Morgan fingerprint density at radius 3 is 2.55 bits per heavy atom. The first-order valence-electron chi connectivity index (χ1n) is 7.89. The molecule has 0 amide bonds. The van der Waals surface area contributed by atoms with Crippen molar-refractivity contribution in [2.24, 2.45) is 11.7 Å². The molecular formula is C18H29NO. The van der Waals surface area contributed by atoms with Crippen LogP contribution in [0.25, 0.3) is 0 Å². The summed E-state index contributed by atoms with van der Waals surface area (Å²) in [4.78, 5) is 0. The molecule has 1 saturated carbocycles. The maximum Gasteiger partial charge on any atom is 0.123 e. The fourth-order valence-corrected chi connectivity index (χ4v) is 3.11. The average molecular weight is 275 g/mol. The van der Waals surface area contributed by atoms with E-state index in [4.69, 9.17) is 10.5 Å². The lowest BCUT2D eigenvalue weighted by Crippen LogP contribution is -2.35. The van der Waals surface area contributed by atoms with E-state index in [0.717, 1.165) is 18.7 Å². The lowest BCUT2D eigenvalue weighted by atomic mass is 9.84. The molecule has 0 aromatic heterocycles. The minimum atomic E-state index is 0.107. The highest BCUT2D eigenvalue weighted by Crippen LogP contribution is 2.35. The number of ether oxygens (including phenoxy) is 1. The van der Waals surface area contributed by atoms with Gasteiger partial charge < -0.3 is 10.5 Å². The molecule has 2 rings (SSSR count). The molecule has 0 radical (unpaired) electrons. The molecular weight excluding hydrogens is 246 g/mol. The first-order chi connectivity index (χ1) is 9.41. The van der Waals surface area contributed by atoms with Crippen molar-refractivity contribution in [1.29, 1.82) is 0 Å². The number of benzene rings is 1. The van der Waals surface area contributed by atoms with Crippen molar-refractivity contribution in [3.8, 4) is 5.75 Å². The van der Waals surface area contributed by atoms with Gasteiger partial charge in [-0.2, -0.15) is 0 Å². The zero-order valence-electron chi connectivity index (χ0n) is 13.4. The molecule has 2 N–H and O–H groups in total. The van der Waals surface area contributed by atoms with Crippen LogP contribution in [0.4, 0.5) is 0 Å². The Hall–Kier alpha value is -1.02. The van der Waals surface area contributed by atoms with Crippen LogP contribution in [0.2, 0.25) is 0 Å². The third kappa shape index (κ3) is 3.54. The first kappa shape index (κ1) is 15.4. The van der Waals surface area contributed by atoms with Gasteiger partial charge in [-0.1, -0.05) is 39.3 Å². The summed E-state index contributed by atoms with van der Waals surface area (Å²) >= 11 is 0. The summed E-state index contributed by atoms with van der Waals surface area (Å²) in [6.07, 6.45) is 5.19. The van der Waals surface area contributed by atoms with Crippen molar-refractivity contribution in [3.05, 3.63) is 29.3 Å². The van der Waals surface area contributed by atoms with E-state index in [-0.39, 0.29) is 11.5 Å². The SMILES string of the molecule is Cc1ccc(C(C)(C)C)c(OC2CCCCC2CN)c1. The van der Waals surface area contributed by atoms with Gasteiger partial charge in [0.15, 0.2) is 0 Å². The van der Waals surface area contributed by atoms with E-state index in [0.29, 0.717) is 5.92 Å². The largest absolute Gasteiger partial charge is 0.490 e. The van der Waals surface area contributed by atoms with Crippen LogP contribution in [0.3, 0.4) is 0 Å². The molecule has 0 saturated heterocycles. The smallest absolute Gasteiger partial charge is 0.123 e. The molecule has 1 aromatic carbocycles. The molecule has 0 heterocycles. The van der Waals surface area contributed by atoms with E-state index in [1.54, 1.807) is 0 Å². The van der Waals surface area contributed by atoms with Gasteiger partial charge in [0.1, 0.15) is 11.9 Å². The standard InChI is InChI=1S/C18H29NO/c1-13-9-10-15(18(2,3)4)17(11-13)20-16-8-6-5-7-14(16)12-19/h9-11,14,16H,5-8,12,19H2,1-4H3. The van der Waals surface area contributed by atoms with Crippen LogP contribution in [0.5, 0.6) is 5.75 Å². The van der Waals surface area contributed by atoms with Gasteiger partial charge in [-0.25, -0.2) is 0 Å². The summed E-state index contributed by atoms with van der Waals surface area (Å²) < 4.78 is 6.42. The first-order valence-corrected chi connectivity index (χ1v) is 7.89. The zero-order valence-corrected chi connectivity index (χ0v) is 13.4. The van der Waals surface area contributed by atoms with E-state index >= 15 is 0 Å². The maximum absolute atomic E-state index is 6.42. The third-order valence-corrected chi connectivity index (χ3v) is 4.37. The second kappa shape index (κ2) is 6.17. The van der Waals surface area contributed by atoms with Crippen LogP contribution < -0.4 is 10.5 Å². The minimum absolute atomic E-state index is 0.107. The molecule has 2 heteroatoms. The average Bonchev–Trinajstić information content (AvgIpc) is 2.38. The molecule has 0 spiro atoms. The highest BCUT2D eigenvalue weighted by molar-refractivity contribution is 5.41. The highest BCUT2D eigenvalue weighted by atomic mass is 16.5. The molecule has 2 atom stereocenters. The monoisotopic (exact) mass is 275 g/mol. The zero-order chi connectivity index (χ0) is 14.8. The molecule has 112 valence electrons. The molecule has 20 heavy (non-hydrogen) atoms. The summed E-state index contributed by atoms with van der Waals surface area (Å²) in [5, 5.41) is 0. The molecule has 1 aliphatic carbocycles. The van der Waals surface area contributed by atoms with Gasteiger partial charge in [-0.05, 0) is 55.3 Å². The van der Waals surface area contributed by atoms with Crippen LogP contribution >= 0.6 is 0 Å². The van der Waals surface area contributed by atoms with E-state index < -0.39 is 0 Å². The fraction of sp³-hybridized carbons (Fsp3) is 0.667. The second-order valence-corrected chi connectivity index (χ2v) is 7.19. The van der Waals surface area contributed by atoms with Crippen LogP contribution in [0.15, 0.2) is 18.2 Å². The molecule has 0 aliphatic heterocycles. The molecule has 2 unspecified atom stereocenters. The predicted molar refractivity (Wildman–Crippen MR) is 85.3 cm³/mol. The lowest BCUT2D eigenvalue weighted by Gasteiger charge is -2.33. The van der Waals surface area contributed by atoms with Gasteiger partial charge in [-0.15, -0.1) is 0 Å². The summed E-state index contributed by atoms with van der Waals surface area (Å²) in [6, 6.07) is 6.57. The van der Waals surface area contributed by atoms with Crippen molar-refractivity contribution in [3.63, 3.8) is 0 Å². The minimum Gasteiger partial charge on any atom is -0.490 e. The third-order valence-electron chi connectivity index (χ3n) is 4.37. The van der Waals surface area contributed by atoms with E-state index in [1.165, 1.54) is 30.4 Å².